The number of urea groups is 1. The molecular weight excluding hydrogens is 354 g/mol. The summed E-state index contributed by atoms with van der Waals surface area (Å²) in [5, 5.41) is 2.81. The number of hydrogen-bond acceptors (Lipinski definition) is 3. The van der Waals surface area contributed by atoms with E-state index in [9.17, 15) is 9.59 Å². The molecule has 1 heterocycles. The molecule has 0 aliphatic carbocycles. The number of carbonyl (C=O) groups excluding carboxylic acids is 2. The molecule has 3 amide bonds. The summed E-state index contributed by atoms with van der Waals surface area (Å²) >= 11 is 0. The minimum absolute atomic E-state index is 0.0139. The van der Waals surface area contributed by atoms with Crippen molar-refractivity contribution in [2.24, 2.45) is 10.9 Å². The van der Waals surface area contributed by atoms with E-state index >= 15 is 0 Å². The number of nitrogens with one attached hydrogen (secondary N) is 1. The molecule has 0 saturated carbocycles. The van der Waals surface area contributed by atoms with Gasteiger partial charge < -0.3 is 15.0 Å². The first-order valence-corrected chi connectivity index (χ1v) is 9.35. The SMILES string of the molecule is COc1cccc(CNC(=O)N=C2CN(CC(C)C)C(=O)c3ccccc32)c1. The maximum absolute atomic E-state index is 12.7. The molecule has 6 nitrogen and oxygen atoms in total. The predicted octanol–water partition coefficient (Wildman–Crippen LogP) is 3.51. The summed E-state index contributed by atoms with van der Waals surface area (Å²) in [6.07, 6.45) is 0. The van der Waals surface area contributed by atoms with Crippen LogP contribution in [0.4, 0.5) is 4.79 Å². The molecule has 2 aromatic rings. The number of aliphatic imine (C=N–C) groups is 1. The lowest BCUT2D eigenvalue weighted by Crippen LogP contribution is -2.43. The van der Waals surface area contributed by atoms with Crippen LogP contribution in [0.5, 0.6) is 5.75 Å². The van der Waals surface area contributed by atoms with Gasteiger partial charge in [0.2, 0.25) is 0 Å². The quantitative estimate of drug-likeness (QED) is 0.864. The van der Waals surface area contributed by atoms with E-state index in [0.29, 0.717) is 36.8 Å². The van der Waals surface area contributed by atoms with Crippen molar-refractivity contribution in [2.75, 3.05) is 20.2 Å². The normalized spacial score (nSPS) is 14.9. The lowest BCUT2D eigenvalue weighted by atomic mass is 9.96. The molecule has 0 atom stereocenters. The second kappa shape index (κ2) is 8.69. The van der Waals surface area contributed by atoms with Crippen molar-refractivity contribution in [3.8, 4) is 5.75 Å². The largest absolute Gasteiger partial charge is 0.497 e. The van der Waals surface area contributed by atoms with Crippen LogP contribution in [0, 0.1) is 5.92 Å². The van der Waals surface area contributed by atoms with Crippen LogP contribution in [0.1, 0.15) is 35.3 Å². The molecule has 0 saturated heterocycles. The summed E-state index contributed by atoms with van der Waals surface area (Å²) < 4.78 is 5.20. The molecule has 0 bridgehead atoms. The van der Waals surface area contributed by atoms with Crippen molar-refractivity contribution in [3.05, 3.63) is 65.2 Å². The van der Waals surface area contributed by atoms with Crippen LogP contribution in [0.2, 0.25) is 0 Å². The van der Waals surface area contributed by atoms with Crippen LogP contribution < -0.4 is 10.1 Å². The second-order valence-corrected chi connectivity index (χ2v) is 7.19. The number of rotatable bonds is 5. The fourth-order valence-electron chi connectivity index (χ4n) is 3.24. The van der Waals surface area contributed by atoms with Crippen LogP contribution in [0.15, 0.2) is 53.5 Å². The van der Waals surface area contributed by atoms with Gasteiger partial charge in [0.15, 0.2) is 0 Å². The van der Waals surface area contributed by atoms with Crippen molar-refractivity contribution in [1.82, 2.24) is 10.2 Å². The average Bonchev–Trinajstić information content (AvgIpc) is 2.70. The first-order valence-electron chi connectivity index (χ1n) is 9.35. The first-order chi connectivity index (χ1) is 13.5. The smallest absolute Gasteiger partial charge is 0.341 e. The summed E-state index contributed by atoms with van der Waals surface area (Å²) in [5.74, 6) is 1.06. The molecule has 0 radical (unpaired) electrons. The van der Waals surface area contributed by atoms with E-state index in [2.05, 4.69) is 24.2 Å². The van der Waals surface area contributed by atoms with Gasteiger partial charge in [0.25, 0.3) is 5.91 Å². The third kappa shape index (κ3) is 4.57. The molecule has 1 N–H and O–H groups in total. The Balaban J connectivity index is 1.78. The number of benzene rings is 2. The molecule has 0 spiro atoms. The fraction of sp³-hybridized carbons (Fsp3) is 0.318. The van der Waals surface area contributed by atoms with Crippen LogP contribution in [0.3, 0.4) is 0 Å². The molecule has 6 heteroatoms. The Labute approximate surface area is 165 Å². The van der Waals surface area contributed by atoms with Gasteiger partial charge in [-0.25, -0.2) is 4.79 Å². The average molecular weight is 379 g/mol. The summed E-state index contributed by atoms with van der Waals surface area (Å²) in [6.45, 7) is 5.43. The third-order valence-corrected chi connectivity index (χ3v) is 4.50. The summed E-state index contributed by atoms with van der Waals surface area (Å²) in [5.41, 5.74) is 2.85. The van der Waals surface area contributed by atoms with Gasteiger partial charge in [-0.1, -0.05) is 44.2 Å². The lowest BCUT2D eigenvalue weighted by molar-refractivity contribution is 0.0755. The summed E-state index contributed by atoms with van der Waals surface area (Å²) in [4.78, 5) is 31.2. The Bertz CT molecular complexity index is 905. The minimum Gasteiger partial charge on any atom is -0.497 e. The number of carbonyl (C=O) groups is 2. The van der Waals surface area contributed by atoms with Gasteiger partial charge in [0.05, 0.1) is 19.4 Å². The molecule has 146 valence electrons. The molecule has 2 aromatic carbocycles. The topological polar surface area (TPSA) is 71.0 Å². The van der Waals surface area contributed by atoms with Gasteiger partial charge in [-0.2, -0.15) is 4.99 Å². The van der Waals surface area contributed by atoms with Gasteiger partial charge in [0.1, 0.15) is 5.75 Å². The molecule has 0 fully saturated rings. The van der Waals surface area contributed by atoms with E-state index in [0.717, 1.165) is 16.9 Å². The number of nitrogens with zero attached hydrogens (tertiary/aromatic N) is 2. The highest BCUT2D eigenvalue weighted by atomic mass is 16.5. The van der Waals surface area contributed by atoms with Crippen molar-refractivity contribution >= 4 is 17.6 Å². The van der Waals surface area contributed by atoms with E-state index < -0.39 is 6.03 Å². The monoisotopic (exact) mass is 379 g/mol. The minimum atomic E-state index is -0.425. The highest BCUT2D eigenvalue weighted by molar-refractivity contribution is 6.18. The van der Waals surface area contributed by atoms with Crippen molar-refractivity contribution in [2.45, 2.75) is 20.4 Å². The van der Waals surface area contributed by atoms with Crippen molar-refractivity contribution in [1.29, 1.82) is 0 Å². The Kier molecular flexibility index (Phi) is 6.09. The van der Waals surface area contributed by atoms with Crippen LogP contribution >= 0.6 is 0 Å². The molecule has 0 aromatic heterocycles. The van der Waals surface area contributed by atoms with E-state index in [4.69, 9.17) is 4.74 Å². The van der Waals surface area contributed by atoms with Gasteiger partial charge >= 0.3 is 6.03 Å². The second-order valence-electron chi connectivity index (χ2n) is 7.19. The summed E-state index contributed by atoms with van der Waals surface area (Å²) in [6, 6.07) is 14.4. The fourth-order valence-corrected chi connectivity index (χ4v) is 3.24. The van der Waals surface area contributed by atoms with Gasteiger partial charge in [-0.15, -0.1) is 0 Å². The highest BCUT2D eigenvalue weighted by Crippen LogP contribution is 2.20. The van der Waals surface area contributed by atoms with Crippen LogP contribution in [-0.2, 0) is 6.54 Å². The third-order valence-electron chi connectivity index (χ3n) is 4.50. The Hall–Kier alpha value is -3.15. The molecular formula is C22H25N3O3. The number of hydrogen-bond donors (Lipinski definition) is 1. The van der Waals surface area contributed by atoms with Gasteiger partial charge in [-0.3, -0.25) is 4.79 Å². The van der Waals surface area contributed by atoms with Crippen molar-refractivity contribution in [3.63, 3.8) is 0 Å². The molecule has 28 heavy (non-hydrogen) atoms. The molecule has 1 aliphatic rings. The van der Waals surface area contributed by atoms with Crippen molar-refractivity contribution < 1.29 is 14.3 Å². The Morgan fingerprint density at radius 1 is 1.18 bits per heavy atom. The first kappa shape index (κ1) is 19.6. The maximum Gasteiger partial charge on any atom is 0.341 e. The van der Waals surface area contributed by atoms with E-state index in [1.165, 1.54) is 0 Å². The van der Waals surface area contributed by atoms with Gasteiger partial charge in [0, 0.05) is 24.2 Å². The molecule has 1 aliphatic heterocycles. The summed E-state index contributed by atoms with van der Waals surface area (Å²) in [7, 11) is 1.61. The van der Waals surface area contributed by atoms with E-state index in [1.807, 2.05) is 42.5 Å². The van der Waals surface area contributed by atoms with Gasteiger partial charge in [-0.05, 0) is 29.7 Å². The maximum atomic E-state index is 12.7. The zero-order valence-electron chi connectivity index (χ0n) is 16.4. The number of amides is 3. The standard InChI is InChI=1S/C22H25N3O3/c1-15(2)13-25-14-20(18-9-4-5-10-19(18)21(25)26)24-22(27)23-12-16-7-6-8-17(11-16)28-3/h4-11,15H,12-14H2,1-3H3,(H,23,27). The predicted molar refractivity (Wildman–Crippen MR) is 109 cm³/mol. The molecule has 0 unspecified atom stereocenters. The van der Waals surface area contributed by atoms with E-state index in [1.54, 1.807) is 18.1 Å². The van der Waals surface area contributed by atoms with Crippen LogP contribution in [0.25, 0.3) is 0 Å². The Morgan fingerprint density at radius 2 is 1.93 bits per heavy atom. The lowest BCUT2D eigenvalue weighted by Gasteiger charge is -2.30. The molecule has 3 rings (SSSR count). The number of fused-ring (bicyclic) bond motifs is 1. The highest BCUT2D eigenvalue weighted by Gasteiger charge is 2.29. The zero-order chi connectivity index (χ0) is 20.1. The number of ether oxygens (including phenoxy) is 1. The number of methoxy groups -OCH3 is 1. The zero-order valence-corrected chi connectivity index (χ0v) is 16.4. The van der Waals surface area contributed by atoms with Crippen LogP contribution in [-0.4, -0.2) is 42.7 Å². The van der Waals surface area contributed by atoms with E-state index in [-0.39, 0.29) is 5.91 Å². The Morgan fingerprint density at radius 3 is 2.64 bits per heavy atom.